The van der Waals surface area contributed by atoms with E-state index in [1.54, 1.807) is 12.4 Å². The van der Waals surface area contributed by atoms with Crippen LogP contribution in [0, 0.1) is 0 Å². The molecule has 0 bridgehead atoms. The van der Waals surface area contributed by atoms with Crippen molar-refractivity contribution >= 4 is 22.3 Å². The minimum Gasteiger partial charge on any atom is -0.397 e. The van der Waals surface area contributed by atoms with Crippen molar-refractivity contribution in [1.29, 1.82) is 0 Å². The zero-order valence-corrected chi connectivity index (χ0v) is 9.63. The fraction of sp³-hybridized carbons (Fsp3) is 0.0769. The van der Waals surface area contributed by atoms with E-state index in [0.717, 1.165) is 22.4 Å². The Morgan fingerprint density at radius 3 is 2.94 bits per heavy atom. The van der Waals surface area contributed by atoms with E-state index >= 15 is 0 Å². The lowest BCUT2D eigenvalue weighted by molar-refractivity contribution is 0.388. The van der Waals surface area contributed by atoms with Gasteiger partial charge in [-0.1, -0.05) is 17.3 Å². The molecule has 90 valence electrons. The second-order valence-corrected chi connectivity index (χ2v) is 3.93. The maximum absolute atomic E-state index is 5.90. The number of nitrogen functional groups attached to an aromatic ring is 1. The Labute approximate surface area is 104 Å². The van der Waals surface area contributed by atoms with Crippen LogP contribution in [-0.4, -0.2) is 10.1 Å². The van der Waals surface area contributed by atoms with Gasteiger partial charge in [-0.15, -0.1) is 0 Å². The maximum atomic E-state index is 5.90. The summed E-state index contributed by atoms with van der Waals surface area (Å²) in [4.78, 5) is 4.29. The predicted octanol–water partition coefficient (Wildman–Crippen LogP) is 2.42. The molecule has 0 fully saturated rings. The van der Waals surface area contributed by atoms with Crippen LogP contribution in [0.5, 0.6) is 0 Å². The summed E-state index contributed by atoms with van der Waals surface area (Å²) in [5.74, 6) is 0.781. The summed E-state index contributed by atoms with van der Waals surface area (Å²) >= 11 is 0. The molecular formula is C13H12N4O. The van der Waals surface area contributed by atoms with E-state index in [9.17, 15) is 0 Å². The van der Waals surface area contributed by atoms with Crippen LogP contribution in [-0.2, 0) is 6.54 Å². The van der Waals surface area contributed by atoms with Crippen LogP contribution in [0.1, 0.15) is 5.76 Å². The molecule has 0 spiro atoms. The molecule has 0 amide bonds. The first-order valence-electron chi connectivity index (χ1n) is 5.61. The molecule has 1 aromatic carbocycles. The van der Waals surface area contributed by atoms with E-state index < -0.39 is 0 Å². The van der Waals surface area contributed by atoms with Gasteiger partial charge in [0.1, 0.15) is 0 Å². The van der Waals surface area contributed by atoms with Crippen molar-refractivity contribution in [2.75, 3.05) is 11.1 Å². The van der Waals surface area contributed by atoms with E-state index in [-0.39, 0.29) is 0 Å². The Morgan fingerprint density at radius 1 is 1.17 bits per heavy atom. The van der Waals surface area contributed by atoms with Gasteiger partial charge in [-0.05, 0) is 12.1 Å². The molecule has 0 aliphatic heterocycles. The van der Waals surface area contributed by atoms with Crippen molar-refractivity contribution in [1.82, 2.24) is 10.1 Å². The van der Waals surface area contributed by atoms with Crippen LogP contribution in [0.2, 0.25) is 0 Å². The van der Waals surface area contributed by atoms with E-state index in [0.29, 0.717) is 12.2 Å². The second-order valence-electron chi connectivity index (χ2n) is 3.93. The second kappa shape index (κ2) is 4.37. The maximum Gasteiger partial charge on any atom is 0.155 e. The summed E-state index contributed by atoms with van der Waals surface area (Å²) in [6.07, 6.45) is 3.36. The van der Waals surface area contributed by atoms with Gasteiger partial charge in [0.25, 0.3) is 0 Å². The number of hydrogen-bond donors (Lipinski definition) is 2. The van der Waals surface area contributed by atoms with Crippen molar-refractivity contribution in [3.05, 3.63) is 48.5 Å². The van der Waals surface area contributed by atoms with Crippen molar-refractivity contribution in [2.45, 2.75) is 6.54 Å². The number of pyridine rings is 1. The van der Waals surface area contributed by atoms with E-state index in [1.807, 2.05) is 30.3 Å². The Kier molecular flexibility index (Phi) is 2.57. The Balaban J connectivity index is 1.94. The number of rotatable bonds is 3. The van der Waals surface area contributed by atoms with Crippen molar-refractivity contribution < 1.29 is 4.52 Å². The number of nitrogens with one attached hydrogen (secondary N) is 1. The van der Waals surface area contributed by atoms with E-state index in [2.05, 4.69) is 15.5 Å². The molecule has 0 atom stereocenters. The SMILES string of the molecule is Nc1cccc2c(NCc3ccno3)ccnc12. The normalized spacial score (nSPS) is 10.7. The predicted molar refractivity (Wildman–Crippen MR) is 70.0 cm³/mol. The van der Waals surface area contributed by atoms with Crippen LogP contribution in [0.4, 0.5) is 11.4 Å². The molecule has 3 N–H and O–H groups in total. The van der Waals surface area contributed by atoms with Gasteiger partial charge in [-0.25, -0.2) is 0 Å². The molecule has 0 aliphatic rings. The lowest BCUT2D eigenvalue weighted by Crippen LogP contribution is -2.00. The van der Waals surface area contributed by atoms with Gasteiger partial charge < -0.3 is 15.6 Å². The fourth-order valence-corrected chi connectivity index (χ4v) is 1.87. The molecule has 3 rings (SSSR count). The summed E-state index contributed by atoms with van der Waals surface area (Å²) in [5.41, 5.74) is 8.35. The van der Waals surface area contributed by atoms with Gasteiger partial charge in [0.2, 0.25) is 0 Å². The number of para-hydroxylation sites is 1. The molecule has 0 aliphatic carbocycles. The molecule has 3 aromatic rings. The molecule has 2 heterocycles. The summed E-state index contributed by atoms with van der Waals surface area (Å²) < 4.78 is 5.04. The van der Waals surface area contributed by atoms with Gasteiger partial charge in [0, 0.05) is 23.3 Å². The number of hydrogen-bond acceptors (Lipinski definition) is 5. The van der Waals surface area contributed by atoms with Gasteiger partial charge in [-0.2, -0.15) is 0 Å². The topological polar surface area (TPSA) is 77.0 Å². The molecule has 5 heteroatoms. The lowest BCUT2D eigenvalue weighted by Gasteiger charge is -2.08. The largest absolute Gasteiger partial charge is 0.397 e. The van der Waals surface area contributed by atoms with Crippen molar-refractivity contribution in [3.8, 4) is 0 Å². The Morgan fingerprint density at radius 2 is 2.11 bits per heavy atom. The highest BCUT2D eigenvalue weighted by Gasteiger charge is 2.04. The Bertz CT molecular complexity index is 664. The third-order valence-corrected chi connectivity index (χ3v) is 2.75. The first kappa shape index (κ1) is 10.6. The standard InChI is InChI=1S/C13H12N4O/c14-11-3-1-2-10-12(5-6-15-13(10)11)16-8-9-4-7-17-18-9/h1-7H,8,14H2,(H,15,16). The number of nitrogens with zero attached hydrogens (tertiary/aromatic N) is 2. The van der Waals surface area contributed by atoms with Gasteiger partial charge in [0.15, 0.2) is 5.76 Å². The highest BCUT2D eigenvalue weighted by Crippen LogP contribution is 2.25. The van der Waals surface area contributed by atoms with Crippen LogP contribution < -0.4 is 11.1 Å². The average Bonchev–Trinajstić information content (AvgIpc) is 2.90. The van der Waals surface area contributed by atoms with E-state index in [4.69, 9.17) is 10.3 Å². The molecule has 0 unspecified atom stereocenters. The third kappa shape index (κ3) is 1.86. The summed E-state index contributed by atoms with van der Waals surface area (Å²) in [5, 5.41) is 7.95. The molecule has 18 heavy (non-hydrogen) atoms. The molecule has 0 radical (unpaired) electrons. The minimum atomic E-state index is 0.577. The first-order chi connectivity index (χ1) is 8.84. The number of anilines is 2. The number of aromatic nitrogens is 2. The van der Waals surface area contributed by atoms with E-state index in [1.165, 1.54) is 0 Å². The van der Waals surface area contributed by atoms with Crippen molar-refractivity contribution in [3.63, 3.8) is 0 Å². The van der Waals surface area contributed by atoms with Crippen LogP contribution in [0.3, 0.4) is 0 Å². The average molecular weight is 240 g/mol. The molecule has 2 aromatic heterocycles. The fourth-order valence-electron chi connectivity index (χ4n) is 1.87. The first-order valence-corrected chi connectivity index (χ1v) is 5.61. The monoisotopic (exact) mass is 240 g/mol. The minimum absolute atomic E-state index is 0.577. The van der Waals surface area contributed by atoms with Gasteiger partial charge in [0.05, 0.1) is 23.9 Å². The smallest absolute Gasteiger partial charge is 0.155 e. The summed E-state index contributed by atoms with van der Waals surface area (Å²) in [6, 6.07) is 9.48. The van der Waals surface area contributed by atoms with Crippen LogP contribution in [0.25, 0.3) is 10.9 Å². The van der Waals surface area contributed by atoms with Crippen LogP contribution in [0.15, 0.2) is 47.2 Å². The molecule has 0 saturated carbocycles. The summed E-state index contributed by atoms with van der Waals surface area (Å²) in [7, 11) is 0. The lowest BCUT2D eigenvalue weighted by atomic mass is 10.1. The number of fused-ring (bicyclic) bond motifs is 1. The number of nitrogens with two attached hydrogens (primary N) is 1. The number of benzene rings is 1. The van der Waals surface area contributed by atoms with Crippen LogP contribution >= 0.6 is 0 Å². The molecule has 5 nitrogen and oxygen atoms in total. The van der Waals surface area contributed by atoms with Crippen molar-refractivity contribution in [2.24, 2.45) is 0 Å². The highest BCUT2D eigenvalue weighted by atomic mass is 16.5. The van der Waals surface area contributed by atoms with Gasteiger partial charge >= 0.3 is 0 Å². The van der Waals surface area contributed by atoms with Gasteiger partial charge in [-0.3, -0.25) is 4.98 Å². The third-order valence-electron chi connectivity index (χ3n) is 2.75. The quantitative estimate of drug-likeness (QED) is 0.687. The highest BCUT2D eigenvalue weighted by molar-refractivity contribution is 5.97. The summed E-state index contributed by atoms with van der Waals surface area (Å²) in [6.45, 7) is 0.577. The zero-order chi connectivity index (χ0) is 12.4. The molecular weight excluding hydrogens is 228 g/mol. The molecule has 0 saturated heterocycles. The Hall–Kier alpha value is -2.56. The zero-order valence-electron chi connectivity index (χ0n) is 9.63.